The Morgan fingerprint density at radius 2 is 2.17 bits per heavy atom. The van der Waals surface area contributed by atoms with Gasteiger partial charge in [0.25, 0.3) is 0 Å². The highest BCUT2D eigenvalue weighted by Gasteiger charge is 2.04. The minimum atomic E-state index is -0.277. The Kier molecular flexibility index (Phi) is 6.93. The van der Waals surface area contributed by atoms with E-state index in [1.165, 1.54) is 0 Å². The van der Waals surface area contributed by atoms with Gasteiger partial charge in [-0.1, -0.05) is 12.1 Å². The van der Waals surface area contributed by atoms with Crippen molar-refractivity contribution in [3.63, 3.8) is 0 Å². The molecule has 18 heavy (non-hydrogen) atoms. The number of para-hydroxylation sites is 1. The molecule has 0 saturated heterocycles. The van der Waals surface area contributed by atoms with E-state index in [9.17, 15) is 4.79 Å². The van der Waals surface area contributed by atoms with E-state index in [0.717, 1.165) is 29.5 Å². The Labute approximate surface area is 116 Å². The fraction of sp³-hybridized carbons (Fsp3) is 0.462. The van der Waals surface area contributed by atoms with E-state index >= 15 is 0 Å². The maximum absolute atomic E-state index is 11.6. The minimum Gasteiger partial charge on any atom is -0.393 e. The largest absolute Gasteiger partial charge is 0.393 e. The van der Waals surface area contributed by atoms with Gasteiger partial charge < -0.3 is 15.7 Å². The van der Waals surface area contributed by atoms with Crippen LogP contribution in [0.15, 0.2) is 28.7 Å². The van der Waals surface area contributed by atoms with Crippen LogP contribution in [-0.2, 0) is 4.79 Å². The van der Waals surface area contributed by atoms with Crippen molar-refractivity contribution in [1.82, 2.24) is 5.32 Å². The van der Waals surface area contributed by atoms with Crippen LogP contribution in [0, 0.1) is 0 Å². The first kappa shape index (κ1) is 15.1. The third kappa shape index (κ3) is 6.14. The Morgan fingerprint density at radius 3 is 2.83 bits per heavy atom. The third-order valence-corrected chi connectivity index (χ3v) is 3.10. The van der Waals surface area contributed by atoms with E-state index in [1.807, 2.05) is 24.3 Å². The topological polar surface area (TPSA) is 61.4 Å². The van der Waals surface area contributed by atoms with Crippen LogP contribution in [0.25, 0.3) is 0 Å². The zero-order chi connectivity index (χ0) is 13.4. The lowest BCUT2D eigenvalue weighted by Gasteiger charge is -2.08. The molecule has 0 aliphatic rings. The van der Waals surface area contributed by atoms with Crippen LogP contribution < -0.4 is 10.6 Å². The van der Waals surface area contributed by atoms with Crippen molar-refractivity contribution >= 4 is 27.5 Å². The smallest absolute Gasteiger partial charge is 0.238 e. The molecule has 1 aromatic rings. The minimum absolute atomic E-state index is 0.0704. The first-order valence-electron chi connectivity index (χ1n) is 6.02. The lowest BCUT2D eigenvalue weighted by Crippen LogP contribution is -2.29. The summed E-state index contributed by atoms with van der Waals surface area (Å²) < 4.78 is 0.868. The van der Waals surface area contributed by atoms with Gasteiger partial charge >= 0.3 is 0 Å². The molecule has 0 saturated carbocycles. The molecule has 1 unspecified atom stereocenters. The van der Waals surface area contributed by atoms with Gasteiger partial charge in [0.1, 0.15) is 0 Å². The molecule has 3 N–H and O–H groups in total. The van der Waals surface area contributed by atoms with Crippen LogP contribution in [0.2, 0.25) is 0 Å². The monoisotopic (exact) mass is 314 g/mol. The van der Waals surface area contributed by atoms with Crippen LogP contribution in [0.1, 0.15) is 19.8 Å². The average Bonchev–Trinajstić information content (AvgIpc) is 2.31. The molecule has 0 spiro atoms. The molecule has 100 valence electrons. The number of hydrogen-bond acceptors (Lipinski definition) is 3. The molecule has 1 rings (SSSR count). The molecule has 0 fully saturated rings. The molecule has 0 heterocycles. The highest BCUT2D eigenvalue weighted by Crippen LogP contribution is 2.20. The number of anilines is 1. The Balaban J connectivity index is 2.20. The predicted octanol–water partition coefficient (Wildman–Crippen LogP) is 2.14. The van der Waals surface area contributed by atoms with Gasteiger partial charge in [0.05, 0.1) is 18.3 Å². The number of nitrogens with one attached hydrogen (secondary N) is 2. The summed E-state index contributed by atoms with van der Waals surface area (Å²) in [6, 6.07) is 7.49. The highest BCUT2D eigenvalue weighted by atomic mass is 79.9. The van der Waals surface area contributed by atoms with Crippen molar-refractivity contribution in [1.29, 1.82) is 0 Å². The molecule has 0 aliphatic heterocycles. The van der Waals surface area contributed by atoms with Crippen molar-refractivity contribution in [2.24, 2.45) is 0 Å². The maximum Gasteiger partial charge on any atom is 0.238 e. The van der Waals surface area contributed by atoms with Gasteiger partial charge in [-0.05, 0) is 54.4 Å². The summed E-state index contributed by atoms with van der Waals surface area (Å²) in [6.07, 6.45) is 1.33. The van der Waals surface area contributed by atoms with Gasteiger partial charge in [0.2, 0.25) is 5.91 Å². The van der Waals surface area contributed by atoms with Crippen molar-refractivity contribution < 1.29 is 9.90 Å². The predicted molar refractivity (Wildman–Crippen MR) is 76.6 cm³/mol. The number of carbonyl (C=O) groups is 1. The van der Waals surface area contributed by atoms with Crippen LogP contribution in [-0.4, -0.2) is 30.2 Å². The van der Waals surface area contributed by atoms with Crippen LogP contribution >= 0.6 is 15.9 Å². The van der Waals surface area contributed by atoms with Crippen molar-refractivity contribution in [2.45, 2.75) is 25.9 Å². The van der Waals surface area contributed by atoms with E-state index in [4.69, 9.17) is 5.11 Å². The molecule has 0 aromatic heterocycles. The lowest BCUT2D eigenvalue weighted by atomic mass is 10.2. The number of carbonyl (C=O) groups excluding carboxylic acids is 1. The molecule has 1 amide bonds. The Bertz CT molecular complexity index is 383. The van der Waals surface area contributed by atoms with Gasteiger partial charge in [-0.3, -0.25) is 4.79 Å². The summed E-state index contributed by atoms with van der Waals surface area (Å²) in [5, 5.41) is 14.9. The molecule has 1 atom stereocenters. The molecule has 1 aromatic carbocycles. The van der Waals surface area contributed by atoms with E-state index in [2.05, 4.69) is 26.6 Å². The highest BCUT2D eigenvalue weighted by molar-refractivity contribution is 9.10. The molecule has 0 aliphatic carbocycles. The SMILES string of the molecule is CC(O)CCCNCC(=O)Nc1ccccc1Br. The van der Waals surface area contributed by atoms with Gasteiger partial charge in [0, 0.05) is 4.47 Å². The second kappa shape index (κ2) is 8.24. The summed E-state index contributed by atoms with van der Waals surface area (Å²) in [5.41, 5.74) is 0.772. The summed E-state index contributed by atoms with van der Waals surface area (Å²) in [6.45, 7) is 2.77. The van der Waals surface area contributed by atoms with Crippen LogP contribution in [0.4, 0.5) is 5.69 Å². The summed E-state index contributed by atoms with van der Waals surface area (Å²) in [5.74, 6) is -0.0704. The number of halogens is 1. The van der Waals surface area contributed by atoms with Crippen LogP contribution in [0.3, 0.4) is 0 Å². The van der Waals surface area contributed by atoms with E-state index in [1.54, 1.807) is 6.92 Å². The standard InChI is InChI=1S/C13H19BrN2O2/c1-10(17)5-4-8-15-9-13(18)16-12-7-3-2-6-11(12)14/h2-3,6-7,10,15,17H,4-5,8-9H2,1H3,(H,16,18). The quantitative estimate of drug-likeness (QED) is 0.676. The van der Waals surface area contributed by atoms with Gasteiger partial charge in [0.15, 0.2) is 0 Å². The van der Waals surface area contributed by atoms with Crippen molar-refractivity contribution in [2.75, 3.05) is 18.4 Å². The maximum atomic E-state index is 11.6. The fourth-order valence-corrected chi connectivity index (χ4v) is 1.87. The van der Waals surface area contributed by atoms with Gasteiger partial charge in [-0.15, -0.1) is 0 Å². The van der Waals surface area contributed by atoms with Crippen molar-refractivity contribution in [3.05, 3.63) is 28.7 Å². The fourth-order valence-electron chi connectivity index (χ4n) is 1.48. The van der Waals surface area contributed by atoms with E-state index in [-0.39, 0.29) is 18.6 Å². The summed E-state index contributed by atoms with van der Waals surface area (Å²) >= 11 is 3.37. The van der Waals surface area contributed by atoms with Gasteiger partial charge in [-0.25, -0.2) is 0 Å². The van der Waals surface area contributed by atoms with E-state index in [0.29, 0.717) is 0 Å². The Hall–Kier alpha value is -0.910. The Morgan fingerprint density at radius 1 is 1.44 bits per heavy atom. The molecule has 4 nitrogen and oxygen atoms in total. The van der Waals surface area contributed by atoms with Gasteiger partial charge in [-0.2, -0.15) is 0 Å². The number of aliphatic hydroxyl groups excluding tert-OH is 1. The average molecular weight is 315 g/mol. The second-order valence-electron chi connectivity index (χ2n) is 4.20. The molecule has 5 heteroatoms. The van der Waals surface area contributed by atoms with Crippen molar-refractivity contribution in [3.8, 4) is 0 Å². The zero-order valence-corrected chi connectivity index (χ0v) is 12.0. The second-order valence-corrected chi connectivity index (χ2v) is 5.05. The summed E-state index contributed by atoms with van der Waals surface area (Å²) in [4.78, 5) is 11.6. The van der Waals surface area contributed by atoms with E-state index < -0.39 is 0 Å². The summed E-state index contributed by atoms with van der Waals surface area (Å²) in [7, 11) is 0. The zero-order valence-electron chi connectivity index (χ0n) is 10.4. The number of benzene rings is 1. The first-order chi connectivity index (χ1) is 8.59. The lowest BCUT2D eigenvalue weighted by molar-refractivity contribution is -0.115. The molecule has 0 radical (unpaired) electrons. The number of rotatable bonds is 7. The first-order valence-corrected chi connectivity index (χ1v) is 6.82. The molecular formula is C13H19BrN2O2. The number of aliphatic hydroxyl groups is 1. The number of amides is 1. The normalized spacial score (nSPS) is 12.2. The van der Waals surface area contributed by atoms with Crippen LogP contribution in [0.5, 0.6) is 0 Å². The third-order valence-electron chi connectivity index (χ3n) is 2.41. The number of hydrogen-bond donors (Lipinski definition) is 3. The molecule has 0 bridgehead atoms. The molecular weight excluding hydrogens is 296 g/mol.